The van der Waals surface area contributed by atoms with Crippen LogP contribution in [-0.4, -0.2) is 17.0 Å². The average molecular weight is 260 g/mol. The summed E-state index contributed by atoms with van der Waals surface area (Å²) in [7, 11) is 0. The van der Waals surface area contributed by atoms with Gasteiger partial charge in [0.05, 0.1) is 11.3 Å². The van der Waals surface area contributed by atoms with Gasteiger partial charge in [0.15, 0.2) is 0 Å². The Balaban J connectivity index is 3.14. The highest BCUT2D eigenvalue weighted by Gasteiger charge is 2.11. The normalized spacial score (nSPS) is 10.9. The zero-order valence-corrected chi connectivity index (χ0v) is 9.92. The van der Waals surface area contributed by atoms with Gasteiger partial charge in [0.2, 0.25) is 0 Å². The number of carboxylic acids is 1. The van der Waals surface area contributed by atoms with Crippen LogP contribution in [0.1, 0.15) is 22.3 Å². The average Bonchev–Trinajstić information content (AvgIpc) is 2.22. The van der Waals surface area contributed by atoms with Gasteiger partial charge in [-0.3, -0.25) is 0 Å². The lowest BCUT2D eigenvalue weighted by Gasteiger charge is -2.05. The fourth-order valence-corrected chi connectivity index (χ4v) is 1.58. The van der Waals surface area contributed by atoms with Gasteiger partial charge in [0, 0.05) is 10.9 Å². The molecule has 86 valence electrons. The Hall–Kier alpha value is -1.19. The molecule has 0 fully saturated rings. The number of allylic oxidation sites excluding steroid dienone is 1. The van der Waals surface area contributed by atoms with E-state index in [1.807, 2.05) is 6.08 Å². The summed E-state index contributed by atoms with van der Waals surface area (Å²) in [4.78, 5) is 10.9. The van der Waals surface area contributed by atoms with Crippen molar-refractivity contribution in [2.45, 2.75) is 6.42 Å². The van der Waals surface area contributed by atoms with Crippen LogP contribution in [0, 0.1) is 0 Å². The summed E-state index contributed by atoms with van der Waals surface area (Å²) >= 11 is 11.3. The van der Waals surface area contributed by atoms with E-state index in [1.165, 1.54) is 6.07 Å². The number of hydrogen-bond donors (Lipinski definition) is 2. The number of anilines is 1. The Morgan fingerprint density at radius 3 is 2.75 bits per heavy atom. The molecule has 0 aliphatic rings. The molecule has 0 saturated heterocycles. The van der Waals surface area contributed by atoms with Crippen LogP contribution in [0.4, 0.5) is 5.69 Å². The molecule has 0 amide bonds. The van der Waals surface area contributed by atoms with E-state index in [0.717, 1.165) is 0 Å². The van der Waals surface area contributed by atoms with Gasteiger partial charge in [-0.2, -0.15) is 0 Å². The second-order valence-electron chi connectivity index (χ2n) is 3.14. The van der Waals surface area contributed by atoms with E-state index >= 15 is 0 Å². The lowest BCUT2D eigenvalue weighted by atomic mass is 10.1. The van der Waals surface area contributed by atoms with Crippen molar-refractivity contribution in [3.05, 3.63) is 34.4 Å². The standard InChI is InChI=1S/C11H11Cl2NO2/c12-4-2-1-3-7-5-8(13)6-9(10(7)14)11(15)16/h1,3,5-6H,2,4,14H2,(H,15,16). The van der Waals surface area contributed by atoms with Crippen molar-refractivity contribution in [2.24, 2.45) is 0 Å². The van der Waals surface area contributed by atoms with Crippen LogP contribution < -0.4 is 5.73 Å². The van der Waals surface area contributed by atoms with Gasteiger partial charge >= 0.3 is 5.97 Å². The number of nitrogens with two attached hydrogens (primary N) is 1. The zero-order valence-electron chi connectivity index (χ0n) is 8.41. The van der Waals surface area contributed by atoms with E-state index < -0.39 is 5.97 Å². The van der Waals surface area contributed by atoms with Crippen LogP contribution in [-0.2, 0) is 0 Å². The first-order chi connectivity index (χ1) is 7.56. The fraction of sp³-hybridized carbons (Fsp3) is 0.182. The zero-order chi connectivity index (χ0) is 12.1. The monoisotopic (exact) mass is 259 g/mol. The molecule has 1 aromatic carbocycles. The van der Waals surface area contributed by atoms with Crippen molar-refractivity contribution in [1.29, 1.82) is 0 Å². The van der Waals surface area contributed by atoms with Crippen molar-refractivity contribution < 1.29 is 9.90 Å². The number of nitrogen functional groups attached to an aromatic ring is 1. The minimum atomic E-state index is -1.09. The van der Waals surface area contributed by atoms with Crippen LogP contribution >= 0.6 is 23.2 Å². The van der Waals surface area contributed by atoms with Gasteiger partial charge in [-0.25, -0.2) is 4.79 Å². The number of benzene rings is 1. The number of rotatable bonds is 4. The lowest BCUT2D eigenvalue weighted by Crippen LogP contribution is -2.04. The van der Waals surface area contributed by atoms with E-state index in [-0.39, 0.29) is 11.3 Å². The molecule has 16 heavy (non-hydrogen) atoms. The summed E-state index contributed by atoms with van der Waals surface area (Å²) in [5.41, 5.74) is 6.53. The van der Waals surface area contributed by atoms with Gasteiger partial charge in [-0.1, -0.05) is 23.8 Å². The number of carboxylic acid groups (broad SMARTS) is 1. The second-order valence-corrected chi connectivity index (χ2v) is 3.96. The van der Waals surface area contributed by atoms with Gasteiger partial charge < -0.3 is 10.8 Å². The molecular formula is C11H11Cl2NO2. The molecule has 0 aliphatic heterocycles. The lowest BCUT2D eigenvalue weighted by molar-refractivity contribution is 0.0698. The predicted molar refractivity (Wildman–Crippen MR) is 67.2 cm³/mol. The van der Waals surface area contributed by atoms with E-state index in [0.29, 0.717) is 22.9 Å². The van der Waals surface area contributed by atoms with Crippen LogP contribution in [0.2, 0.25) is 5.02 Å². The minimum absolute atomic E-state index is 0.0121. The topological polar surface area (TPSA) is 63.3 Å². The molecular weight excluding hydrogens is 249 g/mol. The molecule has 0 heterocycles. The molecule has 3 N–H and O–H groups in total. The van der Waals surface area contributed by atoms with Crippen molar-refractivity contribution in [3.63, 3.8) is 0 Å². The fourth-order valence-electron chi connectivity index (χ4n) is 1.23. The number of halogens is 2. The minimum Gasteiger partial charge on any atom is -0.478 e. The van der Waals surface area contributed by atoms with Crippen LogP contribution in [0.15, 0.2) is 18.2 Å². The Kier molecular flexibility index (Phi) is 4.65. The highest BCUT2D eigenvalue weighted by molar-refractivity contribution is 6.31. The molecule has 1 rings (SSSR count). The molecule has 0 spiro atoms. The largest absolute Gasteiger partial charge is 0.478 e. The summed E-state index contributed by atoms with van der Waals surface area (Å²) < 4.78 is 0. The van der Waals surface area contributed by atoms with Crippen molar-refractivity contribution >= 4 is 40.9 Å². The molecule has 0 bridgehead atoms. The van der Waals surface area contributed by atoms with Crippen LogP contribution in [0.25, 0.3) is 6.08 Å². The second kappa shape index (κ2) is 5.77. The summed E-state index contributed by atoms with van der Waals surface area (Å²) in [5, 5.41) is 9.25. The van der Waals surface area contributed by atoms with E-state index in [1.54, 1.807) is 12.1 Å². The first-order valence-electron chi connectivity index (χ1n) is 4.61. The molecule has 5 heteroatoms. The highest BCUT2D eigenvalue weighted by Crippen LogP contribution is 2.24. The van der Waals surface area contributed by atoms with E-state index in [9.17, 15) is 4.79 Å². The molecule has 0 atom stereocenters. The molecule has 0 radical (unpaired) electrons. The summed E-state index contributed by atoms with van der Waals surface area (Å²) in [6.07, 6.45) is 4.23. The van der Waals surface area contributed by atoms with Gasteiger partial charge in [-0.15, -0.1) is 11.6 Å². The van der Waals surface area contributed by atoms with Crippen LogP contribution in [0.5, 0.6) is 0 Å². The van der Waals surface area contributed by atoms with Gasteiger partial charge in [0.25, 0.3) is 0 Å². The smallest absolute Gasteiger partial charge is 0.337 e. The van der Waals surface area contributed by atoms with E-state index in [2.05, 4.69) is 0 Å². The van der Waals surface area contributed by atoms with Crippen molar-refractivity contribution in [2.75, 3.05) is 11.6 Å². The van der Waals surface area contributed by atoms with Gasteiger partial charge in [-0.05, 0) is 24.1 Å². The Bertz CT molecular complexity index is 430. The maximum atomic E-state index is 10.9. The number of hydrogen-bond acceptors (Lipinski definition) is 2. The third-order valence-electron chi connectivity index (χ3n) is 1.98. The molecule has 0 aromatic heterocycles. The first-order valence-corrected chi connectivity index (χ1v) is 5.52. The highest BCUT2D eigenvalue weighted by atomic mass is 35.5. The van der Waals surface area contributed by atoms with Crippen LogP contribution in [0.3, 0.4) is 0 Å². The Labute approximate surface area is 103 Å². The van der Waals surface area contributed by atoms with E-state index in [4.69, 9.17) is 34.0 Å². The number of carbonyl (C=O) groups is 1. The Morgan fingerprint density at radius 2 is 2.19 bits per heavy atom. The molecule has 0 unspecified atom stereocenters. The summed E-state index contributed by atoms with van der Waals surface area (Å²) in [6, 6.07) is 2.95. The maximum Gasteiger partial charge on any atom is 0.337 e. The van der Waals surface area contributed by atoms with Crippen molar-refractivity contribution in [3.8, 4) is 0 Å². The SMILES string of the molecule is Nc1c(C=CCCCl)cc(Cl)cc1C(=O)O. The summed E-state index contributed by atoms with van der Waals surface area (Å²) in [6.45, 7) is 0. The number of alkyl halides is 1. The quantitative estimate of drug-likeness (QED) is 0.645. The van der Waals surface area contributed by atoms with Gasteiger partial charge in [0.1, 0.15) is 0 Å². The first kappa shape index (κ1) is 12.9. The molecule has 0 saturated carbocycles. The van der Waals surface area contributed by atoms with Crippen molar-refractivity contribution in [1.82, 2.24) is 0 Å². The molecule has 3 nitrogen and oxygen atoms in total. The summed E-state index contributed by atoms with van der Waals surface area (Å²) in [5.74, 6) is -0.588. The molecule has 0 aliphatic carbocycles. The molecule has 1 aromatic rings. The number of aromatic carboxylic acids is 1. The third-order valence-corrected chi connectivity index (χ3v) is 2.42. The maximum absolute atomic E-state index is 10.9. The third kappa shape index (κ3) is 3.15. The Morgan fingerprint density at radius 1 is 1.50 bits per heavy atom. The predicted octanol–water partition coefficient (Wildman–Crippen LogP) is 3.26.